The van der Waals surface area contributed by atoms with Crippen molar-refractivity contribution in [3.8, 4) is 0 Å². The van der Waals surface area contributed by atoms with E-state index in [0.29, 0.717) is 6.54 Å². The van der Waals surface area contributed by atoms with Crippen LogP contribution in [0.5, 0.6) is 0 Å². The van der Waals surface area contributed by atoms with Gasteiger partial charge in [0, 0.05) is 12.6 Å². The van der Waals surface area contributed by atoms with Crippen LogP contribution in [0.15, 0.2) is 29.3 Å². The van der Waals surface area contributed by atoms with Gasteiger partial charge in [0.2, 0.25) is 0 Å². The lowest BCUT2D eigenvalue weighted by Crippen LogP contribution is -2.33. The molecule has 1 aliphatic rings. The Morgan fingerprint density at radius 1 is 1.15 bits per heavy atom. The summed E-state index contributed by atoms with van der Waals surface area (Å²) in [6, 6.07) is 9.14. The molecule has 1 aromatic rings. The van der Waals surface area contributed by atoms with E-state index in [9.17, 15) is 0 Å². The summed E-state index contributed by atoms with van der Waals surface area (Å²) in [7, 11) is 2.23. The van der Waals surface area contributed by atoms with Crippen LogP contribution in [-0.4, -0.2) is 23.9 Å². The number of hydrogen-bond donors (Lipinski definition) is 2. The largest absolute Gasteiger partial charge is 0.370 e. The molecule has 110 valence electrons. The van der Waals surface area contributed by atoms with E-state index < -0.39 is 0 Å². The van der Waals surface area contributed by atoms with Gasteiger partial charge in [-0.15, -0.1) is 0 Å². The molecule has 0 unspecified atom stereocenters. The van der Waals surface area contributed by atoms with E-state index in [1.54, 1.807) is 0 Å². The summed E-state index contributed by atoms with van der Waals surface area (Å²) in [6.45, 7) is 1.54. The van der Waals surface area contributed by atoms with Crippen LogP contribution in [0.25, 0.3) is 0 Å². The van der Waals surface area contributed by atoms with Gasteiger partial charge in [-0.25, -0.2) is 4.99 Å². The minimum Gasteiger partial charge on any atom is -0.370 e. The van der Waals surface area contributed by atoms with Crippen molar-refractivity contribution in [3.63, 3.8) is 0 Å². The Labute approximate surface area is 121 Å². The molecule has 1 saturated carbocycles. The van der Waals surface area contributed by atoms with E-state index in [0.717, 1.165) is 12.6 Å². The monoisotopic (exact) mass is 274 g/mol. The van der Waals surface area contributed by atoms with Crippen molar-refractivity contribution in [3.05, 3.63) is 35.4 Å². The normalized spacial score (nSPS) is 16.3. The summed E-state index contributed by atoms with van der Waals surface area (Å²) in [5.74, 6) is 0.153. The van der Waals surface area contributed by atoms with Crippen LogP contribution < -0.4 is 11.5 Å². The number of hydrogen-bond acceptors (Lipinski definition) is 2. The number of guanidine groups is 1. The highest BCUT2D eigenvalue weighted by molar-refractivity contribution is 5.75. The van der Waals surface area contributed by atoms with Crippen LogP contribution in [0.3, 0.4) is 0 Å². The fourth-order valence-electron chi connectivity index (χ4n) is 2.96. The van der Waals surface area contributed by atoms with Crippen LogP contribution in [0.2, 0.25) is 0 Å². The molecule has 0 bridgehead atoms. The summed E-state index contributed by atoms with van der Waals surface area (Å²) in [5, 5.41) is 0. The molecule has 0 spiro atoms. The molecular weight excluding hydrogens is 248 g/mol. The molecular formula is C16H26N4. The quantitative estimate of drug-likeness (QED) is 0.639. The highest BCUT2D eigenvalue weighted by Crippen LogP contribution is 2.23. The van der Waals surface area contributed by atoms with Gasteiger partial charge in [-0.05, 0) is 31.0 Å². The molecule has 4 N–H and O–H groups in total. The average molecular weight is 274 g/mol. The molecule has 0 atom stereocenters. The van der Waals surface area contributed by atoms with Gasteiger partial charge in [0.05, 0.1) is 6.54 Å². The van der Waals surface area contributed by atoms with Crippen molar-refractivity contribution < 1.29 is 0 Å². The molecule has 1 aliphatic carbocycles. The fourth-order valence-corrected chi connectivity index (χ4v) is 2.96. The first kappa shape index (κ1) is 14.9. The summed E-state index contributed by atoms with van der Waals surface area (Å²) >= 11 is 0. The highest BCUT2D eigenvalue weighted by Gasteiger charge is 2.18. The van der Waals surface area contributed by atoms with Gasteiger partial charge >= 0.3 is 0 Å². The molecule has 4 nitrogen and oxygen atoms in total. The van der Waals surface area contributed by atoms with Crippen LogP contribution in [0, 0.1) is 0 Å². The highest BCUT2D eigenvalue weighted by atomic mass is 15.1. The number of nitrogens with zero attached hydrogens (tertiary/aromatic N) is 2. The maximum Gasteiger partial charge on any atom is 0.186 e. The molecule has 0 radical (unpaired) electrons. The summed E-state index contributed by atoms with van der Waals surface area (Å²) in [6.07, 6.45) is 6.78. The van der Waals surface area contributed by atoms with Crippen molar-refractivity contribution in [1.82, 2.24) is 4.90 Å². The second-order valence-corrected chi connectivity index (χ2v) is 5.72. The summed E-state index contributed by atoms with van der Waals surface area (Å²) in [5.41, 5.74) is 13.4. The lowest BCUT2D eigenvalue weighted by Gasteiger charge is -2.31. The Hall–Kier alpha value is -1.55. The molecule has 4 heteroatoms. The average Bonchev–Trinajstić information content (AvgIpc) is 2.47. The van der Waals surface area contributed by atoms with Crippen molar-refractivity contribution in [2.75, 3.05) is 7.05 Å². The lowest BCUT2D eigenvalue weighted by molar-refractivity contribution is 0.184. The maximum atomic E-state index is 5.43. The minimum atomic E-state index is 0.153. The predicted octanol–water partition coefficient (Wildman–Crippen LogP) is 2.22. The first-order valence-corrected chi connectivity index (χ1v) is 7.49. The molecule has 20 heavy (non-hydrogen) atoms. The van der Waals surface area contributed by atoms with Crippen molar-refractivity contribution in [2.24, 2.45) is 16.5 Å². The third kappa shape index (κ3) is 4.23. The van der Waals surface area contributed by atoms with Crippen LogP contribution in [0.1, 0.15) is 43.2 Å². The SMILES string of the molecule is CN(Cc1ccccc1CN=C(N)N)C1CCCCC1. The van der Waals surface area contributed by atoms with Crippen LogP contribution >= 0.6 is 0 Å². The summed E-state index contributed by atoms with van der Waals surface area (Å²) < 4.78 is 0. The zero-order valence-corrected chi connectivity index (χ0v) is 12.4. The van der Waals surface area contributed by atoms with Gasteiger partial charge in [-0.2, -0.15) is 0 Å². The van der Waals surface area contributed by atoms with E-state index in [1.807, 2.05) is 6.07 Å². The Morgan fingerprint density at radius 3 is 2.45 bits per heavy atom. The Kier molecular flexibility index (Phi) is 5.41. The van der Waals surface area contributed by atoms with Gasteiger partial charge in [-0.1, -0.05) is 43.5 Å². The molecule has 2 rings (SSSR count). The molecule has 0 aromatic heterocycles. The number of nitrogens with two attached hydrogens (primary N) is 2. The molecule has 0 aliphatic heterocycles. The third-order valence-corrected chi connectivity index (χ3v) is 4.17. The zero-order chi connectivity index (χ0) is 14.4. The first-order valence-electron chi connectivity index (χ1n) is 7.49. The first-order chi connectivity index (χ1) is 9.66. The van der Waals surface area contributed by atoms with Gasteiger partial charge in [0.25, 0.3) is 0 Å². The van der Waals surface area contributed by atoms with Gasteiger partial charge in [0.1, 0.15) is 0 Å². The third-order valence-electron chi connectivity index (χ3n) is 4.17. The zero-order valence-electron chi connectivity index (χ0n) is 12.4. The summed E-state index contributed by atoms with van der Waals surface area (Å²) in [4.78, 5) is 6.61. The van der Waals surface area contributed by atoms with E-state index >= 15 is 0 Å². The molecule has 0 heterocycles. The van der Waals surface area contributed by atoms with E-state index in [2.05, 4.69) is 35.1 Å². The van der Waals surface area contributed by atoms with E-state index in [4.69, 9.17) is 11.5 Å². The topological polar surface area (TPSA) is 67.6 Å². The van der Waals surface area contributed by atoms with E-state index in [1.165, 1.54) is 43.2 Å². The van der Waals surface area contributed by atoms with Crippen LogP contribution in [-0.2, 0) is 13.1 Å². The molecule has 0 amide bonds. The predicted molar refractivity (Wildman–Crippen MR) is 84.3 cm³/mol. The van der Waals surface area contributed by atoms with Crippen molar-refractivity contribution in [2.45, 2.75) is 51.2 Å². The van der Waals surface area contributed by atoms with Gasteiger partial charge in [-0.3, -0.25) is 4.90 Å². The van der Waals surface area contributed by atoms with Gasteiger partial charge in [0.15, 0.2) is 5.96 Å². The second kappa shape index (κ2) is 7.29. The van der Waals surface area contributed by atoms with Gasteiger partial charge < -0.3 is 11.5 Å². The van der Waals surface area contributed by atoms with Crippen LogP contribution in [0.4, 0.5) is 0 Å². The fraction of sp³-hybridized carbons (Fsp3) is 0.562. The molecule has 1 fully saturated rings. The van der Waals surface area contributed by atoms with E-state index in [-0.39, 0.29) is 5.96 Å². The Morgan fingerprint density at radius 2 is 1.80 bits per heavy atom. The Bertz CT molecular complexity index is 446. The number of benzene rings is 1. The number of rotatable bonds is 5. The Balaban J connectivity index is 2.02. The molecule has 0 saturated heterocycles. The maximum absolute atomic E-state index is 5.43. The molecule has 1 aromatic carbocycles. The standard InChI is InChI=1S/C16H26N4/c1-20(15-9-3-2-4-10-15)12-14-8-6-5-7-13(14)11-19-16(17)18/h5-8,15H,2-4,9-12H2,1H3,(H4,17,18,19). The lowest BCUT2D eigenvalue weighted by atomic mass is 9.94. The van der Waals surface area contributed by atoms with Crippen molar-refractivity contribution >= 4 is 5.96 Å². The minimum absolute atomic E-state index is 0.153. The second-order valence-electron chi connectivity index (χ2n) is 5.72. The smallest absolute Gasteiger partial charge is 0.186 e. The number of aliphatic imine (C=N–C) groups is 1. The van der Waals surface area contributed by atoms with Crippen molar-refractivity contribution in [1.29, 1.82) is 0 Å².